The highest BCUT2D eigenvalue weighted by Gasteiger charge is 2.43. The van der Waals surface area contributed by atoms with Crippen LogP contribution in [0.1, 0.15) is 61.2 Å². The molecule has 5 heterocycles. The van der Waals surface area contributed by atoms with Gasteiger partial charge in [-0.15, -0.1) is 0 Å². The number of fused-ring (bicyclic) bond motifs is 2. The van der Waals surface area contributed by atoms with Gasteiger partial charge in [-0.25, -0.2) is 0 Å². The van der Waals surface area contributed by atoms with Crippen LogP contribution in [0.25, 0.3) is 0 Å². The molecule has 3 fully saturated rings. The van der Waals surface area contributed by atoms with Crippen LogP contribution >= 0.6 is 0 Å². The van der Waals surface area contributed by atoms with Crippen LogP contribution in [0.3, 0.4) is 0 Å². The number of piperidine rings is 1. The van der Waals surface area contributed by atoms with Crippen molar-refractivity contribution in [3.63, 3.8) is 0 Å². The molecule has 5 aliphatic rings. The summed E-state index contributed by atoms with van der Waals surface area (Å²) in [5.41, 5.74) is 1.37. The molecule has 1 unspecified atom stereocenters. The molecule has 29 heavy (non-hydrogen) atoms. The Morgan fingerprint density at radius 2 is 2.10 bits per heavy atom. The first-order valence-corrected chi connectivity index (χ1v) is 11.7. The van der Waals surface area contributed by atoms with Crippen molar-refractivity contribution in [1.29, 1.82) is 0 Å². The molecular weight excluding hydrogens is 394 g/mol. The Hall–Kier alpha value is -2.07. The average Bonchev–Trinajstić information content (AvgIpc) is 3.43. The number of nitrogens with one attached hydrogen (secondary N) is 1. The molecular formula is C19H27N5O4S. The minimum absolute atomic E-state index is 0.0794. The van der Waals surface area contributed by atoms with Crippen LogP contribution in [0.5, 0.6) is 0 Å². The third-order valence-corrected chi connectivity index (χ3v) is 8.60. The van der Waals surface area contributed by atoms with Gasteiger partial charge in [0.05, 0.1) is 12.6 Å². The maximum atomic E-state index is 13.1. The molecule has 2 bridgehead atoms. The van der Waals surface area contributed by atoms with Crippen LogP contribution in [-0.4, -0.2) is 71.3 Å². The number of carbonyl (C=O) groups excluding carboxylic acids is 1. The largest absolute Gasteiger partial charge is 0.371 e. The fourth-order valence-electron chi connectivity index (χ4n) is 4.54. The lowest BCUT2D eigenvalue weighted by molar-refractivity contribution is 0.0902. The minimum atomic E-state index is -3.54. The van der Waals surface area contributed by atoms with E-state index in [0.717, 1.165) is 30.7 Å². The second kappa shape index (κ2) is 6.73. The van der Waals surface area contributed by atoms with Crippen molar-refractivity contribution in [3.05, 3.63) is 29.4 Å². The Labute approximate surface area is 170 Å². The van der Waals surface area contributed by atoms with Gasteiger partial charge in [0.15, 0.2) is 5.69 Å². The van der Waals surface area contributed by atoms with Crippen LogP contribution in [0.15, 0.2) is 22.5 Å². The number of nitrogens with zero attached hydrogens (tertiary/aromatic N) is 4. The molecule has 6 rings (SSSR count). The van der Waals surface area contributed by atoms with Gasteiger partial charge in [0, 0.05) is 56.0 Å². The van der Waals surface area contributed by atoms with Crippen LogP contribution in [-0.2, 0) is 10.2 Å². The summed E-state index contributed by atoms with van der Waals surface area (Å²) in [5, 5.41) is 6.88. The van der Waals surface area contributed by atoms with Crippen molar-refractivity contribution < 1.29 is 17.7 Å². The molecule has 0 radical (unpaired) electrons. The molecule has 1 amide bonds. The Kier molecular flexibility index (Phi) is 4.39. The van der Waals surface area contributed by atoms with Gasteiger partial charge >= 0.3 is 10.2 Å². The molecule has 1 aromatic heterocycles. The summed E-state index contributed by atoms with van der Waals surface area (Å²) >= 11 is 0. The maximum absolute atomic E-state index is 13.1. The third-order valence-electron chi connectivity index (χ3n) is 6.61. The average molecular weight is 422 g/mol. The van der Waals surface area contributed by atoms with E-state index in [1.807, 2.05) is 14.0 Å². The second-order valence-corrected chi connectivity index (χ2v) is 10.5. The van der Waals surface area contributed by atoms with Crippen LogP contribution in [0, 0.1) is 0 Å². The van der Waals surface area contributed by atoms with Gasteiger partial charge in [0.1, 0.15) is 5.76 Å². The number of likely N-dealkylation sites (N-methyl/N-ethyl adjacent to an activating group) is 1. The van der Waals surface area contributed by atoms with E-state index in [-0.39, 0.29) is 24.0 Å². The maximum Gasteiger partial charge on any atom is 0.303 e. The molecule has 3 atom stereocenters. The minimum Gasteiger partial charge on any atom is -0.371 e. The highest BCUT2D eigenvalue weighted by molar-refractivity contribution is 7.86. The van der Waals surface area contributed by atoms with Crippen molar-refractivity contribution in [3.8, 4) is 0 Å². The first-order chi connectivity index (χ1) is 13.8. The van der Waals surface area contributed by atoms with Crippen LogP contribution in [0.4, 0.5) is 0 Å². The number of amides is 1. The Morgan fingerprint density at radius 3 is 2.72 bits per heavy atom. The molecule has 9 nitrogen and oxygen atoms in total. The van der Waals surface area contributed by atoms with Crippen molar-refractivity contribution in [1.82, 2.24) is 24.0 Å². The summed E-state index contributed by atoms with van der Waals surface area (Å²) in [4.78, 5) is 14.6. The van der Waals surface area contributed by atoms with Gasteiger partial charge in [0.25, 0.3) is 5.91 Å². The molecule has 4 aliphatic heterocycles. The van der Waals surface area contributed by atoms with Crippen molar-refractivity contribution in [2.75, 3.05) is 20.1 Å². The van der Waals surface area contributed by atoms with E-state index >= 15 is 0 Å². The van der Waals surface area contributed by atoms with Crippen LogP contribution in [0.2, 0.25) is 0 Å². The fraction of sp³-hybridized carbons (Fsp3) is 0.684. The lowest BCUT2D eigenvalue weighted by Gasteiger charge is -2.50. The molecule has 0 aromatic carbocycles. The predicted molar refractivity (Wildman–Crippen MR) is 105 cm³/mol. The van der Waals surface area contributed by atoms with E-state index in [2.05, 4.69) is 15.4 Å². The zero-order valence-electron chi connectivity index (χ0n) is 16.7. The molecule has 1 N–H and O–H groups in total. The normalized spacial score (nSPS) is 30.0. The van der Waals surface area contributed by atoms with Crippen molar-refractivity contribution >= 4 is 16.1 Å². The van der Waals surface area contributed by atoms with Gasteiger partial charge in [-0.1, -0.05) is 5.16 Å². The Bertz CT molecular complexity index is 954. The lowest BCUT2D eigenvalue weighted by Crippen LogP contribution is -2.59. The summed E-state index contributed by atoms with van der Waals surface area (Å²) in [7, 11) is -1.54. The summed E-state index contributed by atoms with van der Waals surface area (Å²) in [6.07, 6.45) is 6.05. The number of hydrogen-bond donors (Lipinski definition) is 1. The lowest BCUT2D eigenvalue weighted by atomic mass is 9.97. The number of aromatic nitrogens is 1. The van der Waals surface area contributed by atoms with E-state index in [1.165, 1.54) is 4.31 Å². The number of rotatable bonds is 5. The molecule has 10 heteroatoms. The second-order valence-electron chi connectivity index (χ2n) is 8.71. The SMILES string of the molecule is C[C@H]1C[C@@H](NC(=O)c2cc(C3CC3)on2)CCN1S(=O)(=O)N1C=C2CC(C1)N2C. The fourth-order valence-corrected chi connectivity index (χ4v) is 6.30. The van der Waals surface area contributed by atoms with Gasteiger partial charge in [-0.3, -0.25) is 9.10 Å². The molecule has 0 spiro atoms. The van der Waals surface area contributed by atoms with E-state index in [0.29, 0.717) is 37.5 Å². The van der Waals surface area contributed by atoms with E-state index in [1.54, 1.807) is 16.6 Å². The zero-order valence-corrected chi connectivity index (χ0v) is 17.6. The molecule has 2 saturated heterocycles. The molecule has 1 aliphatic carbocycles. The highest BCUT2D eigenvalue weighted by Crippen LogP contribution is 2.40. The van der Waals surface area contributed by atoms with Crippen molar-refractivity contribution in [2.45, 2.75) is 63.1 Å². The van der Waals surface area contributed by atoms with E-state index in [4.69, 9.17) is 4.52 Å². The van der Waals surface area contributed by atoms with Crippen molar-refractivity contribution in [2.24, 2.45) is 0 Å². The van der Waals surface area contributed by atoms with Gasteiger partial charge in [-0.05, 0) is 32.6 Å². The van der Waals surface area contributed by atoms with Gasteiger partial charge < -0.3 is 14.7 Å². The topological polar surface area (TPSA) is 99.0 Å². The van der Waals surface area contributed by atoms with Crippen LogP contribution < -0.4 is 5.32 Å². The predicted octanol–water partition coefficient (Wildman–Crippen LogP) is 1.24. The Morgan fingerprint density at radius 1 is 1.31 bits per heavy atom. The van der Waals surface area contributed by atoms with E-state index < -0.39 is 10.2 Å². The first kappa shape index (κ1) is 18.9. The van der Waals surface area contributed by atoms with Gasteiger partial charge in [-0.2, -0.15) is 12.7 Å². The highest BCUT2D eigenvalue weighted by atomic mass is 32.2. The standard InChI is InChI=1S/C19H27N5O4S/c1-12-7-14(20-19(25)17-9-18(28-21-17)13-3-4-13)5-6-24(12)29(26,27)23-10-15-8-16(11-23)22(15)2/h9-10,12-14,16H,3-8,11H2,1-2H3,(H,20,25)/t12-,14-,16?/m0/s1. The third kappa shape index (κ3) is 3.31. The summed E-state index contributed by atoms with van der Waals surface area (Å²) in [5.74, 6) is 0.940. The Balaban J connectivity index is 1.20. The number of hydrogen-bond acceptors (Lipinski definition) is 6. The monoisotopic (exact) mass is 421 g/mol. The summed E-state index contributed by atoms with van der Waals surface area (Å²) < 4.78 is 34.6. The molecule has 158 valence electrons. The first-order valence-electron chi connectivity index (χ1n) is 10.3. The smallest absolute Gasteiger partial charge is 0.303 e. The van der Waals surface area contributed by atoms with E-state index in [9.17, 15) is 13.2 Å². The quantitative estimate of drug-likeness (QED) is 0.768. The zero-order chi connectivity index (χ0) is 20.3. The summed E-state index contributed by atoms with van der Waals surface area (Å²) in [6, 6.07) is 1.74. The number of carbonyl (C=O) groups is 1. The van der Waals surface area contributed by atoms with Gasteiger partial charge in [0.2, 0.25) is 0 Å². The molecule has 1 saturated carbocycles. The summed E-state index contributed by atoms with van der Waals surface area (Å²) in [6.45, 7) is 2.79. The molecule has 1 aromatic rings.